The van der Waals surface area contributed by atoms with Gasteiger partial charge in [0.1, 0.15) is 11.6 Å². The zero-order chi connectivity index (χ0) is 15.9. The first kappa shape index (κ1) is 16.2. The van der Waals surface area contributed by atoms with E-state index >= 15 is 0 Å². The molecule has 0 bridgehead atoms. The second-order valence-corrected chi connectivity index (χ2v) is 5.08. The molecule has 0 aliphatic heterocycles. The quantitative estimate of drug-likeness (QED) is 0.647. The van der Waals surface area contributed by atoms with Gasteiger partial charge in [0, 0.05) is 18.9 Å². The zero-order valence-corrected chi connectivity index (χ0v) is 12.9. The van der Waals surface area contributed by atoms with E-state index in [2.05, 4.69) is 20.6 Å². The number of aromatic nitrogens is 2. The third-order valence-corrected chi connectivity index (χ3v) is 3.12. The van der Waals surface area contributed by atoms with E-state index in [0.717, 1.165) is 5.56 Å². The molecule has 0 aliphatic rings. The Balaban J connectivity index is 1.82. The molecule has 0 spiro atoms. The lowest BCUT2D eigenvalue weighted by Gasteiger charge is -2.07. The first-order valence-corrected chi connectivity index (χ1v) is 7.07. The van der Waals surface area contributed by atoms with E-state index in [4.69, 9.17) is 23.2 Å². The first-order valence-electron chi connectivity index (χ1n) is 6.32. The highest BCUT2D eigenvalue weighted by Crippen LogP contribution is 2.21. The number of anilines is 1. The van der Waals surface area contributed by atoms with Crippen LogP contribution in [0.2, 0.25) is 10.3 Å². The van der Waals surface area contributed by atoms with E-state index in [0.29, 0.717) is 12.2 Å². The van der Waals surface area contributed by atoms with Crippen molar-refractivity contribution in [2.45, 2.75) is 13.0 Å². The Labute approximate surface area is 136 Å². The molecule has 0 unspecified atom stereocenters. The number of nitrogens with zero attached hydrogens (tertiary/aromatic N) is 2. The lowest BCUT2D eigenvalue weighted by Crippen LogP contribution is -2.27. The summed E-state index contributed by atoms with van der Waals surface area (Å²) in [7, 11) is 0. The van der Waals surface area contributed by atoms with E-state index < -0.39 is 11.8 Å². The molecule has 0 atom stereocenters. The standard InChI is InChI=1S/C14H12Cl2N4O2/c15-11-4-3-10(14(16)20-11)19-13(22)6-12(21)18-8-9-2-1-5-17-7-9/h1-5,7H,6,8H2,(H,18,21)(H,19,22). The summed E-state index contributed by atoms with van der Waals surface area (Å²) < 4.78 is 0. The minimum atomic E-state index is -0.491. The number of carbonyl (C=O) groups is 2. The second-order valence-electron chi connectivity index (χ2n) is 4.34. The minimum Gasteiger partial charge on any atom is -0.352 e. The second kappa shape index (κ2) is 7.72. The van der Waals surface area contributed by atoms with Crippen molar-refractivity contribution in [3.63, 3.8) is 0 Å². The summed E-state index contributed by atoms with van der Waals surface area (Å²) in [6.45, 7) is 0.309. The molecule has 2 aromatic heterocycles. The van der Waals surface area contributed by atoms with Crippen molar-refractivity contribution < 1.29 is 9.59 Å². The molecular formula is C14H12Cl2N4O2. The molecule has 114 valence electrons. The minimum absolute atomic E-state index is 0.0663. The number of halogens is 2. The molecule has 0 radical (unpaired) electrons. The number of pyridine rings is 2. The maximum atomic E-state index is 11.8. The molecule has 2 heterocycles. The molecule has 0 saturated carbocycles. The van der Waals surface area contributed by atoms with Crippen LogP contribution in [0.1, 0.15) is 12.0 Å². The molecule has 0 aromatic carbocycles. The van der Waals surface area contributed by atoms with Crippen LogP contribution in [0, 0.1) is 0 Å². The Kier molecular flexibility index (Phi) is 5.68. The van der Waals surface area contributed by atoms with Gasteiger partial charge >= 0.3 is 0 Å². The number of nitrogens with one attached hydrogen (secondary N) is 2. The van der Waals surface area contributed by atoms with Crippen molar-refractivity contribution in [2.75, 3.05) is 5.32 Å². The summed E-state index contributed by atoms with van der Waals surface area (Å²) in [4.78, 5) is 31.2. The Bertz CT molecular complexity index is 680. The van der Waals surface area contributed by atoms with E-state index in [-0.39, 0.29) is 16.7 Å². The van der Waals surface area contributed by atoms with Crippen LogP contribution >= 0.6 is 23.2 Å². The molecule has 2 rings (SSSR count). The predicted molar refractivity (Wildman–Crippen MR) is 83.6 cm³/mol. The fourth-order valence-corrected chi connectivity index (χ4v) is 2.00. The Morgan fingerprint density at radius 3 is 2.64 bits per heavy atom. The highest BCUT2D eigenvalue weighted by atomic mass is 35.5. The van der Waals surface area contributed by atoms with E-state index in [1.165, 1.54) is 12.1 Å². The number of carbonyl (C=O) groups excluding carboxylic acids is 2. The van der Waals surface area contributed by atoms with Crippen LogP contribution in [0.25, 0.3) is 0 Å². The normalized spacial score (nSPS) is 10.1. The largest absolute Gasteiger partial charge is 0.352 e. The van der Waals surface area contributed by atoms with Gasteiger partial charge in [-0.15, -0.1) is 0 Å². The average Bonchev–Trinajstić information content (AvgIpc) is 2.49. The first-order chi connectivity index (χ1) is 10.5. The molecule has 2 aromatic rings. The van der Waals surface area contributed by atoms with Crippen molar-refractivity contribution in [2.24, 2.45) is 0 Å². The molecular weight excluding hydrogens is 327 g/mol. The molecule has 0 fully saturated rings. The third-order valence-electron chi connectivity index (χ3n) is 2.62. The molecule has 8 heteroatoms. The highest BCUT2D eigenvalue weighted by Gasteiger charge is 2.12. The van der Waals surface area contributed by atoms with Crippen molar-refractivity contribution in [1.29, 1.82) is 0 Å². The molecule has 6 nitrogen and oxygen atoms in total. The van der Waals surface area contributed by atoms with Crippen LogP contribution in [-0.4, -0.2) is 21.8 Å². The summed E-state index contributed by atoms with van der Waals surface area (Å²) in [6.07, 6.45) is 2.96. The van der Waals surface area contributed by atoms with E-state index in [9.17, 15) is 9.59 Å². The average molecular weight is 339 g/mol. The molecule has 2 N–H and O–H groups in total. The van der Waals surface area contributed by atoms with Gasteiger partial charge in [0.25, 0.3) is 0 Å². The van der Waals surface area contributed by atoms with Gasteiger partial charge in [-0.2, -0.15) is 0 Å². The highest BCUT2D eigenvalue weighted by molar-refractivity contribution is 6.34. The van der Waals surface area contributed by atoms with Gasteiger partial charge in [0.05, 0.1) is 5.69 Å². The zero-order valence-electron chi connectivity index (χ0n) is 11.3. The fraction of sp³-hybridized carbons (Fsp3) is 0.143. The van der Waals surface area contributed by atoms with Crippen LogP contribution in [-0.2, 0) is 16.1 Å². The van der Waals surface area contributed by atoms with Crippen molar-refractivity contribution in [1.82, 2.24) is 15.3 Å². The van der Waals surface area contributed by atoms with Gasteiger partial charge in [0.2, 0.25) is 11.8 Å². The lowest BCUT2D eigenvalue weighted by atomic mass is 10.3. The van der Waals surface area contributed by atoms with Gasteiger partial charge in [-0.25, -0.2) is 4.98 Å². The van der Waals surface area contributed by atoms with Gasteiger partial charge in [-0.3, -0.25) is 14.6 Å². The summed E-state index contributed by atoms with van der Waals surface area (Å²) in [5.74, 6) is -0.894. The molecule has 0 aliphatic carbocycles. The van der Waals surface area contributed by atoms with Crippen LogP contribution in [0.4, 0.5) is 5.69 Å². The summed E-state index contributed by atoms with van der Waals surface area (Å²) >= 11 is 11.5. The summed E-state index contributed by atoms with van der Waals surface area (Å²) in [6, 6.07) is 6.60. The lowest BCUT2D eigenvalue weighted by molar-refractivity contribution is -0.126. The van der Waals surface area contributed by atoms with Crippen LogP contribution in [0.5, 0.6) is 0 Å². The van der Waals surface area contributed by atoms with Crippen LogP contribution in [0.3, 0.4) is 0 Å². The summed E-state index contributed by atoms with van der Waals surface area (Å²) in [5, 5.41) is 5.42. The number of hydrogen-bond donors (Lipinski definition) is 2. The maximum Gasteiger partial charge on any atom is 0.233 e. The maximum absolute atomic E-state index is 11.8. The molecule has 2 amide bonds. The Hall–Kier alpha value is -2.18. The van der Waals surface area contributed by atoms with Gasteiger partial charge in [-0.05, 0) is 23.8 Å². The molecule has 0 saturated heterocycles. The summed E-state index contributed by atoms with van der Waals surface area (Å²) in [5.41, 5.74) is 1.15. The van der Waals surface area contributed by atoms with Crippen LogP contribution in [0.15, 0.2) is 36.7 Å². The number of hydrogen-bond acceptors (Lipinski definition) is 4. The van der Waals surface area contributed by atoms with Crippen molar-refractivity contribution in [3.8, 4) is 0 Å². The van der Waals surface area contributed by atoms with Crippen LogP contribution < -0.4 is 10.6 Å². The number of amides is 2. The Morgan fingerprint density at radius 2 is 1.95 bits per heavy atom. The van der Waals surface area contributed by atoms with Crippen molar-refractivity contribution >= 4 is 40.7 Å². The topological polar surface area (TPSA) is 84.0 Å². The van der Waals surface area contributed by atoms with Gasteiger partial charge in [0.15, 0.2) is 5.15 Å². The number of rotatable bonds is 5. The SMILES string of the molecule is O=C(CC(=O)Nc1ccc(Cl)nc1Cl)NCc1cccnc1. The van der Waals surface area contributed by atoms with E-state index in [1.807, 2.05) is 6.07 Å². The smallest absolute Gasteiger partial charge is 0.233 e. The van der Waals surface area contributed by atoms with Gasteiger partial charge in [-0.1, -0.05) is 29.3 Å². The molecule has 22 heavy (non-hydrogen) atoms. The predicted octanol–water partition coefficient (Wildman–Crippen LogP) is 2.43. The van der Waals surface area contributed by atoms with Crippen molar-refractivity contribution in [3.05, 3.63) is 52.5 Å². The fourth-order valence-electron chi connectivity index (χ4n) is 1.61. The van der Waals surface area contributed by atoms with Gasteiger partial charge < -0.3 is 10.6 Å². The van der Waals surface area contributed by atoms with E-state index in [1.54, 1.807) is 18.5 Å². The third kappa shape index (κ3) is 4.98. The monoisotopic (exact) mass is 338 g/mol. The Morgan fingerprint density at radius 1 is 1.14 bits per heavy atom.